The fourth-order valence-corrected chi connectivity index (χ4v) is 2.76. The Bertz CT molecular complexity index is 684. The topological polar surface area (TPSA) is 99.2 Å². The molecule has 1 aliphatic rings. The van der Waals surface area contributed by atoms with E-state index in [2.05, 4.69) is 15.0 Å². The van der Waals surface area contributed by atoms with Gasteiger partial charge in [0.1, 0.15) is 11.5 Å². The van der Waals surface area contributed by atoms with Crippen molar-refractivity contribution in [3.05, 3.63) is 47.8 Å². The van der Waals surface area contributed by atoms with Gasteiger partial charge in [-0.2, -0.15) is 0 Å². The molecule has 0 bridgehead atoms. The highest BCUT2D eigenvalue weighted by Crippen LogP contribution is 2.30. The van der Waals surface area contributed by atoms with Crippen LogP contribution in [0, 0.1) is 0 Å². The summed E-state index contributed by atoms with van der Waals surface area (Å²) in [6, 6.07) is 2.76. The number of aromatic carboxylic acids is 1. The standard InChI is InChI=1S/C15H16N4O3/c20-14(10-4-5-16-11(9-10)15(21)22)19-8-2-1-3-12(19)13-17-6-7-18-13/h4-7,9,12H,1-3,8H2,(H,17,18)(H,21,22). The third-order valence-electron chi connectivity index (χ3n) is 3.82. The molecule has 3 heterocycles. The maximum absolute atomic E-state index is 12.7. The molecule has 2 N–H and O–H groups in total. The van der Waals surface area contributed by atoms with Gasteiger partial charge in [-0.25, -0.2) is 14.8 Å². The van der Waals surface area contributed by atoms with Gasteiger partial charge in [-0.15, -0.1) is 0 Å². The third kappa shape index (κ3) is 2.69. The quantitative estimate of drug-likeness (QED) is 0.901. The largest absolute Gasteiger partial charge is 0.477 e. The Morgan fingerprint density at radius 2 is 2.14 bits per heavy atom. The van der Waals surface area contributed by atoms with Crippen LogP contribution in [0.1, 0.15) is 52.0 Å². The molecule has 0 radical (unpaired) electrons. The number of imidazole rings is 1. The van der Waals surface area contributed by atoms with Crippen molar-refractivity contribution < 1.29 is 14.7 Å². The number of aromatic amines is 1. The summed E-state index contributed by atoms with van der Waals surface area (Å²) in [5, 5.41) is 9.00. The number of hydrogen-bond donors (Lipinski definition) is 2. The highest BCUT2D eigenvalue weighted by atomic mass is 16.4. The third-order valence-corrected chi connectivity index (χ3v) is 3.82. The lowest BCUT2D eigenvalue weighted by atomic mass is 10.00. The van der Waals surface area contributed by atoms with E-state index in [9.17, 15) is 9.59 Å². The second-order valence-electron chi connectivity index (χ2n) is 5.22. The van der Waals surface area contributed by atoms with E-state index in [4.69, 9.17) is 5.11 Å². The number of nitrogens with one attached hydrogen (secondary N) is 1. The predicted octanol–water partition coefficient (Wildman–Crippen LogP) is 1.87. The fraction of sp³-hybridized carbons (Fsp3) is 0.333. The van der Waals surface area contributed by atoms with E-state index in [1.165, 1.54) is 12.3 Å². The zero-order chi connectivity index (χ0) is 15.5. The van der Waals surface area contributed by atoms with E-state index in [1.807, 2.05) is 0 Å². The molecule has 1 aliphatic heterocycles. The van der Waals surface area contributed by atoms with E-state index in [0.29, 0.717) is 12.1 Å². The molecular weight excluding hydrogens is 284 g/mol. The Labute approximate surface area is 127 Å². The van der Waals surface area contributed by atoms with E-state index in [0.717, 1.165) is 25.1 Å². The summed E-state index contributed by atoms with van der Waals surface area (Å²) < 4.78 is 0. The van der Waals surface area contributed by atoms with Crippen LogP contribution in [0.4, 0.5) is 0 Å². The van der Waals surface area contributed by atoms with Crippen LogP contribution in [0.15, 0.2) is 30.7 Å². The second-order valence-corrected chi connectivity index (χ2v) is 5.22. The molecule has 22 heavy (non-hydrogen) atoms. The van der Waals surface area contributed by atoms with Crippen LogP contribution in [-0.4, -0.2) is 43.4 Å². The second kappa shape index (κ2) is 5.97. The summed E-state index contributed by atoms with van der Waals surface area (Å²) in [5.41, 5.74) is 0.211. The predicted molar refractivity (Wildman–Crippen MR) is 77.4 cm³/mol. The number of pyridine rings is 1. The van der Waals surface area contributed by atoms with Gasteiger partial charge in [-0.1, -0.05) is 0 Å². The van der Waals surface area contributed by atoms with Gasteiger partial charge in [-0.3, -0.25) is 4.79 Å². The van der Waals surface area contributed by atoms with Gasteiger partial charge in [0, 0.05) is 30.7 Å². The molecule has 7 heteroatoms. The van der Waals surface area contributed by atoms with Crippen LogP contribution in [0.2, 0.25) is 0 Å². The normalized spacial score (nSPS) is 18.2. The molecule has 0 aliphatic carbocycles. The van der Waals surface area contributed by atoms with Crippen molar-refractivity contribution in [2.75, 3.05) is 6.54 Å². The van der Waals surface area contributed by atoms with E-state index < -0.39 is 5.97 Å². The average molecular weight is 300 g/mol. The summed E-state index contributed by atoms with van der Waals surface area (Å²) in [6.07, 6.45) is 7.56. The zero-order valence-corrected chi connectivity index (χ0v) is 11.9. The first kappa shape index (κ1) is 14.2. The fourth-order valence-electron chi connectivity index (χ4n) is 2.76. The number of carbonyl (C=O) groups is 2. The molecule has 2 aromatic heterocycles. The lowest BCUT2D eigenvalue weighted by Gasteiger charge is -2.34. The molecule has 1 saturated heterocycles. The van der Waals surface area contributed by atoms with Gasteiger partial charge >= 0.3 is 5.97 Å². The Hall–Kier alpha value is -2.70. The monoisotopic (exact) mass is 300 g/mol. The molecule has 0 spiro atoms. The summed E-state index contributed by atoms with van der Waals surface area (Å²) >= 11 is 0. The van der Waals surface area contributed by atoms with Crippen molar-refractivity contribution in [1.29, 1.82) is 0 Å². The van der Waals surface area contributed by atoms with Gasteiger partial charge in [0.15, 0.2) is 0 Å². The minimum absolute atomic E-state index is 0.0994. The van der Waals surface area contributed by atoms with E-state index >= 15 is 0 Å². The minimum atomic E-state index is -1.14. The lowest BCUT2D eigenvalue weighted by molar-refractivity contribution is 0.0601. The van der Waals surface area contributed by atoms with Crippen molar-refractivity contribution in [1.82, 2.24) is 19.9 Å². The first-order valence-electron chi connectivity index (χ1n) is 7.16. The molecule has 1 fully saturated rings. The number of nitrogens with zero attached hydrogens (tertiary/aromatic N) is 3. The Morgan fingerprint density at radius 3 is 2.86 bits per heavy atom. The van der Waals surface area contributed by atoms with Crippen molar-refractivity contribution in [3.8, 4) is 0 Å². The SMILES string of the molecule is O=C(O)c1cc(C(=O)N2CCCCC2c2ncc[nH]2)ccn1. The van der Waals surface area contributed by atoms with Crippen LogP contribution in [0.25, 0.3) is 0 Å². The Kier molecular flexibility index (Phi) is 3.86. The Morgan fingerprint density at radius 1 is 1.27 bits per heavy atom. The summed E-state index contributed by atoms with van der Waals surface area (Å²) in [5.74, 6) is -0.567. The van der Waals surface area contributed by atoms with Gasteiger partial charge in [-0.05, 0) is 31.4 Å². The summed E-state index contributed by atoms with van der Waals surface area (Å²) in [7, 11) is 0. The molecule has 3 rings (SSSR count). The number of rotatable bonds is 3. The van der Waals surface area contributed by atoms with Crippen LogP contribution >= 0.6 is 0 Å². The molecule has 7 nitrogen and oxygen atoms in total. The number of aromatic nitrogens is 3. The van der Waals surface area contributed by atoms with Crippen molar-refractivity contribution >= 4 is 11.9 Å². The minimum Gasteiger partial charge on any atom is -0.477 e. The molecule has 1 amide bonds. The number of carbonyl (C=O) groups excluding carboxylic acids is 1. The van der Waals surface area contributed by atoms with Gasteiger partial charge in [0.05, 0.1) is 6.04 Å². The molecule has 2 aromatic rings. The number of hydrogen-bond acceptors (Lipinski definition) is 4. The number of carboxylic acids is 1. The molecule has 0 saturated carbocycles. The number of carboxylic acid groups (broad SMARTS) is 1. The number of likely N-dealkylation sites (tertiary alicyclic amines) is 1. The first-order valence-corrected chi connectivity index (χ1v) is 7.16. The van der Waals surface area contributed by atoms with Gasteiger partial charge in [0.25, 0.3) is 5.91 Å². The average Bonchev–Trinajstić information content (AvgIpc) is 3.08. The maximum atomic E-state index is 12.7. The zero-order valence-electron chi connectivity index (χ0n) is 11.9. The van der Waals surface area contributed by atoms with Crippen molar-refractivity contribution in [2.45, 2.75) is 25.3 Å². The maximum Gasteiger partial charge on any atom is 0.354 e. The molecule has 1 unspecified atom stereocenters. The van der Waals surface area contributed by atoms with Gasteiger partial charge in [0.2, 0.25) is 0 Å². The van der Waals surface area contributed by atoms with Gasteiger partial charge < -0.3 is 15.0 Å². The van der Waals surface area contributed by atoms with Crippen molar-refractivity contribution in [3.63, 3.8) is 0 Å². The number of amides is 1. The number of H-pyrrole nitrogens is 1. The van der Waals surface area contributed by atoms with Crippen LogP contribution in [-0.2, 0) is 0 Å². The Balaban J connectivity index is 1.89. The van der Waals surface area contributed by atoms with Crippen molar-refractivity contribution in [2.24, 2.45) is 0 Å². The molecule has 0 aromatic carbocycles. The van der Waals surface area contributed by atoms with E-state index in [-0.39, 0.29) is 17.6 Å². The molecular formula is C15H16N4O3. The molecule has 1 atom stereocenters. The summed E-state index contributed by atoms with van der Waals surface area (Å²) in [4.78, 5) is 36.6. The van der Waals surface area contributed by atoms with Crippen LogP contribution in [0.3, 0.4) is 0 Å². The van der Waals surface area contributed by atoms with Crippen LogP contribution < -0.4 is 0 Å². The molecule has 114 valence electrons. The number of piperidine rings is 1. The first-order chi connectivity index (χ1) is 10.7. The highest BCUT2D eigenvalue weighted by Gasteiger charge is 2.30. The van der Waals surface area contributed by atoms with Crippen LogP contribution in [0.5, 0.6) is 0 Å². The van der Waals surface area contributed by atoms with E-state index in [1.54, 1.807) is 23.4 Å². The summed E-state index contributed by atoms with van der Waals surface area (Å²) in [6.45, 7) is 0.634. The smallest absolute Gasteiger partial charge is 0.354 e. The highest BCUT2D eigenvalue weighted by molar-refractivity contribution is 5.96. The lowest BCUT2D eigenvalue weighted by Crippen LogP contribution is -2.39.